The number of carbonyl (C=O) groups is 2. The number of primary amides is 1. The predicted octanol–water partition coefficient (Wildman–Crippen LogP) is 4.23. The largest absolute Gasteiger partial charge is 0.366 e. The molecule has 1 saturated heterocycles. The minimum Gasteiger partial charge on any atom is -0.366 e. The summed E-state index contributed by atoms with van der Waals surface area (Å²) in [5.41, 5.74) is 10.1. The van der Waals surface area contributed by atoms with Crippen molar-refractivity contribution in [3.63, 3.8) is 0 Å². The fourth-order valence-corrected chi connectivity index (χ4v) is 4.10. The molecule has 1 amide bonds. The van der Waals surface area contributed by atoms with Crippen molar-refractivity contribution in [2.24, 2.45) is 5.73 Å². The van der Waals surface area contributed by atoms with Crippen LogP contribution in [0.15, 0.2) is 72.9 Å². The molecule has 0 unspecified atom stereocenters. The number of nitrogens with two attached hydrogens (primary N) is 1. The van der Waals surface area contributed by atoms with Crippen molar-refractivity contribution >= 4 is 28.5 Å². The van der Waals surface area contributed by atoms with Gasteiger partial charge in [-0.2, -0.15) is 0 Å². The van der Waals surface area contributed by atoms with Gasteiger partial charge in [-0.05, 0) is 60.4 Å². The van der Waals surface area contributed by atoms with Gasteiger partial charge >= 0.3 is 0 Å². The van der Waals surface area contributed by atoms with E-state index in [-0.39, 0.29) is 5.78 Å². The molecule has 0 bridgehead atoms. The van der Waals surface area contributed by atoms with E-state index in [1.807, 2.05) is 36.4 Å². The molecular formula is C26H22N4O2. The fraction of sp³-hybridized carbons (Fsp3) is 0.154. The molecule has 0 radical (unpaired) electrons. The van der Waals surface area contributed by atoms with Crippen LogP contribution in [0.2, 0.25) is 0 Å². The molecule has 32 heavy (non-hydrogen) atoms. The molecule has 3 aromatic carbocycles. The summed E-state index contributed by atoms with van der Waals surface area (Å²) >= 11 is 0. The molecule has 0 atom stereocenters. The van der Waals surface area contributed by atoms with Gasteiger partial charge in [-0.3, -0.25) is 14.6 Å². The summed E-state index contributed by atoms with van der Waals surface area (Å²) in [6.45, 7) is 1.98. The topological polar surface area (TPSA) is 89.2 Å². The minimum atomic E-state index is -0.482. The third-order valence-electron chi connectivity index (χ3n) is 5.83. The van der Waals surface area contributed by atoms with E-state index in [0.29, 0.717) is 22.2 Å². The lowest BCUT2D eigenvalue weighted by Crippen LogP contribution is -2.19. The van der Waals surface area contributed by atoms with Gasteiger partial charge in [0.2, 0.25) is 5.91 Å². The van der Waals surface area contributed by atoms with Crippen molar-refractivity contribution in [1.29, 1.82) is 0 Å². The predicted molar refractivity (Wildman–Crippen MR) is 125 cm³/mol. The molecule has 0 spiro atoms. The number of anilines is 1. The lowest BCUT2D eigenvalue weighted by molar-refractivity contribution is 0.0998. The molecule has 1 aliphatic heterocycles. The molecule has 2 heterocycles. The molecular weight excluding hydrogens is 400 g/mol. The Bertz CT molecular complexity index is 1340. The number of rotatable bonds is 5. The van der Waals surface area contributed by atoms with Gasteiger partial charge in [-0.15, -0.1) is 0 Å². The van der Waals surface area contributed by atoms with Crippen LogP contribution >= 0.6 is 0 Å². The van der Waals surface area contributed by atoms with E-state index >= 15 is 0 Å². The Labute approximate surface area is 185 Å². The monoisotopic (exact) mass is 422 g/mol. The fourth-order valence-electron chi connectivity index (χ4n) is 4.10. The highest BCUT2D eigenvalue weighted by molar-refractivity contribution is 6.10. The van der Waals surface area contributed by atoms with Crippen LogP contribution in [0.25, 0.3) is 22.2 Å². The Morgan fingerprint density at radius 2 is 1.44 bits per heavy atom. The summed E-state index contributed by atoms with van der Waals surface area (Å²) in [5.74, 6) is 0.286. The number of hydrogen-bond donors (Lipinski definition) is 1. The van der Waals surface area contributed by atoms with Crippen LogP contribution in [0.4, 0.5) is 5.82 Å². The number of aromatic nitrogens is 2. The molecule has 1 fully saturated rings. The van der Waals surface area contributed by atoms with E-state index in [4.69, 9.17) is 10.7 Å². The third-order valence-corrected chi connectivity index (χ3v) is 5.83. The molecule has 6 nitrogen and oxygen atoms in total. The van der Waals surface area contributed by atoms with Gasteiger partial charge in [0.25, 0.3) is 0 Å². The summed E-state index contributed by atoms with van der Waals surface area (Å²) in [5, 5.41) is 0. The molecule has 6 heteroatoms. The van der Waals surface area contributed by atoms with E-state index in [1.165, 1.54) is 0 Å². The Morgan fingerprint density at radius 3 is 2.16 bits per heavy atom. The number of ketones is 1. The molecule has 4 aromatic rings. The first-order chi connectivity index (χ1) is 15.6. The zero-order valence-electron chi connectivity index (χ0n) is 17.5. The number of fused-ring (bicyclic) bond motifs is 1. The van der Waals surface area contributed by atoms with Crippen LogP contribution in [0.3, 0.4) is 0 Å². The van der Waals surface area contributed by atoms with Crippen LogP contribution in [0.5, 0.6) is 0 Å². The highest BCUT2D eigenvalue weighted by atomic mass is 16.1. The normalized spacial score (nSPS) is 13.4. The Morgan fingerprint density at radius 1 is 0.781 bits per heavy atom. The minimum absolute atomic E-state index is 0.0896. The molecule has 0 saturated carbocycles. The second-order valence-electron chi connectivity index (χ2n) is 7.98. The van der Waals surface area contributed by atoms with Crippen molar-refractivity contribution in [2.75, 3.05) is 18.0 Å². The van der Waals surface area contributed by atoms with Crippen molar-refractivity contribution in [1.82, 2.24) is 9.97 Å². The van der Waals surface area contributed by atoms with Crippen LogP contribution in [0.1, 0.15) is 39.1 Å². The Kier molecular flexibility index (Phi) is 5.11. The zero-order chi connectivity index (χ0) is 22.1. The summed E-state index contributed by atoms with van der Waals surface area (Å²) in [4.78, 5) is 36.3. The van der Waals surface area contributed by atoms with Gasteiger partial charge < -0.3 is 10.6 Å². The van der Waals surface area contributed by atoms with Crippen molar-refractivity contribution in [3.8, 4) is 11.1 Å². The molecule has 5 rings (SSSR count). The summed E-state index contributed by atoms with van der Waals surface area (Å²) in [6.07, 6.45) is 4.13. The maximum absolute atomic E-state index is 13.3. The van der Waals surface area contributed by atoms with Gasteiger partial charge in [0.1, 0.15) is 5.82 Å². The lowest BCUT2D eigenvalue weighted by atomic mass is 9.97. The van der Waals surface area contributed by atoms with E-state index in [0.717, 1.165) is 48.4 Å². The molecule has 158 valence electrons. The first-order valence-electron chi connectivity index (χ1n) is 10.7. The summed E-state index contributed by atoms with van der Waals surface area (Å²) in [6, 6.07) is 19.9. The smallest absolute Gasteiger partial charge is 0.248 e. The highest BCUT2D eigenvalue weighted by Crippen LogP contribution is 2.25. The molecule has 2 N–H and O–H groups in total. The maximum Gasteiger partial charge on any atom is 0.248 e. The van der Waals surface area contributed by atoms with Crippen LogP contribution in [-0.2, 0) is 0 Å². The number of amides is 1. The van der Waals surface area contributed by atoms with Gasteiger partial charge in [-0.1, -0.05) is 30.3 Å². The first kappa shape index (κ1) is 19.9. The molecule has 1 aliphatic rings. The molecule has 0 aliphatic carbocycles. The van der Waals surface area contributed by atoms with Gasteiger partial charge in [0.15, 0.2) is 5.78 Å². The third kappa shape index (κ3) is 3.83. The average molecular weight is 422 g/mol. The number of benzene rings is 3. The Balaban J connectivity index is 1.48. The average Bonchev–Trinajstić information content (AvgIpc) is 3.38. The van der Waals surface area contributed by atoms with Gasteiger partial charge in [-0.25, -0.2) is 4.98 Å². The lowest BCUT2D eigenvalue weighted by Gasteiger charge is -2.16. The summed E-state index contributed by atoms with van der Waals surface area (Å²) < 4.78 is 0. The van der Waals surface area contributed by atoms with Crippen LogP contribution < -0.4 is 10.6 Å². The second kappa shape index (κ2) is 8.23. The standard InChI is InChI=1S/C26H22N4O2/c27-26(32)21-8-4-6-18(14-21)17-5-3-7-19(13-17)25(31)20-9-10-22-23(15-20)29-24(16-28-22)30-11-1-2-12-30/h3-10,13-16H,1-2,11-12H2,(H2,27,32). The quantitative estimate of drug-likeness (QED) is 0.486. The van der Waals surface area contributed by atoms with E-state index in [2.05, 4.69) is 9.88 Å². The van der Waals surface area contributed by atoms with E-state index in [9.17, 15) is 9.59 Å². The SMILES string of the molecule is NC(=O)c1cccc(-c2cccc(C(=O)c3ccc4ncc(N5CCCC5)nc4c3)c2)c1. The van der Waals surface area contributed by atoms with Crippen LogP contribution in [0, 0.1) is 0 Å². The first-order valence-corrected chi connectivity index (χ1v) is 10.7. The van der Waals surface area contributed by atoms with Crippen LogP contribution in [-0.4, -0.2) is 34.7 Å². The number of nitrogens with zero attached hydrogens (tertiary/aromatic N) is 3. The van der Waals surface area contributed by atoms with Crippen molar-refractivity contribution in [3.05, 3.63) is 89.6 Å². The van der Waals surface area contributed by atoms with Crippen molar-refractivity contribution in [2.45, 2.75) is 12.8 Å². The Hall–Kier alpha value is -4.06. The zero-order valence-corrected chi connectivity index (χ0v) is 17.5. The van der Waals surface area contributed by atoms with E-state index in [1.54, 1.807) is 36.5 Å². The number of carbonyl (C=O) groups excluding carboxylic acids is 2. The molecule has 1 aromatic heterocycles. The van der Waals surface area contributed by atoms with Crippen molar-refractivity contribution < 1.29 is 9.59 Å². The maximum atomic E-state index is 13.3. The van der Waals surface area contributed by atoms with E-state index < -0.39 is 5.91 Å². The van der Waals surface area contributed by atoms with Gasteiger partial charge in [0.05, 0.1) is 17.2 Å². The summed E-state index contributed by atoms with van der Waals surface area (Å²) in [7, 11) is 0. The second-order valence-corrected chi connectivity index (χ2v) is 7.98. The number of hydrogen-bond acceptors (Lipinski definition) is 5. The highest BCUT2D eigenvalue weighted by Gasteiger charge is 2.16. The van der Waals surface area contributed by atoms with Gasteiger partial charge in [0, 0.05) is 29.8 Å².